The molecule has 0 radical (unpaired) electrons. The number of hydrogen-bond donors (Lipinski definition) is 0. The molecule has 1 aromatic carbocycles. The highest BCUT2D eigenvalue weighted by Gasteiger charge is 2.52. The van der Waals surface area contributed by atoms with E-state index in [-0.39, 0.29) is 23.7 Å². The molecule has 7 heteroatoms. The molecule has 2 saturated heterocycles. The molecule has 2 fully saturated rings. The Hall–Kier alpha value is -3.22. The average Bonchev–Trinajstić information content (AvgIpc) is 3.33. The fourth-order valence-electron chi connectivity index (χ4n) is 4.18. The zero-order valence-electron chi connectivity index (χ0n) is 14.9. The summed E-state index contributed by atoms with van der Waals surface area (Å²) in [5, 5.41) is 4.41. The van der Waals surface area contributed by atoms with E-state index in [1.165, 1.54) is 4.90 Å². The van der Waals surface area contributed by atoms with Crippen LogP contribution in [-0.2, 0) is 16.1 Å². The molecule has 0 spiro atoms. The molecular formula is C20H19N5O2. The average molecular weight is 361 g/mol. The topological polar surface area (TPSA) is 70.8 Å². The number of likely N-dealkylation sites (tertiary alicyclic amines) is 1. The van der Waals surface area contributed by atoms with Gasteiger partial charge >= 0.3 is 0 Å². The van der Waals surface area contributed by atoms with Gasteiger partial charge in [-0.05, 0) is 18.6 Å². The van der Waals surface area contributed by atoms with Crippen LogP contribution < -0.4 is 4.90 Å². The molecule has 0 saturated carbocycles. The van der Waals surface area contributed by atoms with Gasteiger partial charge in [-0.15, -0.1) is 0 Å². The van der Waals surface area contributed by atoms with Crippen molar-refractivity contribution in [3.05, 3.63) is 60.0 Å². The van der Waals surface area contributed by atoms with E-state index >= 15 is 0 Å². The molecule has 2 aliphatic heterocycles. The highest BCUT2D eigenvalue weighted by atomic mass is 16.2. The third-order valence-electron chi connectivity index (χ3n) is 5.46. The summed E-state index contributed by atoms with van der Waals surface area (Å²) in [7, 11) is 0. The lowest BCUT2D eigenvalue weighted by Crippen LogP contribution is -2.36. The first-order valence-electron chi connectivity index (χ1n) is 9.07. The van der Waals surface area contributed by atoms with Crippen LogP contribution in [0.25, 0.3) is 5.52 Å². The summed E-state index contributed by atoms with van der Waals surface area (Å²) in [6.45, 7) is 3.31. The van der Waals surface area contributed by atoms with E-state index in [1.807, 2.05) is 48.2 Å². The lowest BCUT2D eigenvalue weighted by atomic mass is 10.00. The van der Waals surface area contributed by atoms with Crippen LogP contribution in [0.2, 0.25) is 0 Å². The van der Waals surface area contributed by atoms with Crippen LogP contribution >= 0.6 is 0 Å². The second kappa shape index (κ2) is 5.90. The van der Waals surface area contributed by atoms with Gasteiger partial charge in [0.1, 0.15) is 5.52 Å². The second-order valence-electron chi connectivity index (χ2n) is 7.23. The number of amides is 2. The monoisotopic (exact) mass is 361 g/mol. The van der Waals surface area contributed by atoms with Gasteiger partial charge in [0.05, 0.1) is 24.1 Å². The fourth-order valence-corrected chi connectivity index (χ4v) is 4.18. The number of nitrogens with zero attached hydrogens (tertiary/aromatic N) is 5. The van der Waals surface area contributed by atoms with Crippen molar-refractivity contribution >= 4 is 23.1 Å². The summed E-state index contributed by atoms with van der Waals surface area (Å²) in [4.78, 5) is 33.7. The number of aromatic nitrogens is 3. The number of fused-ring (bicyclic) bond motifs is 2. The van der Waals surface area contributed by atoms with E-state index in [2.05, 4.69) is 10.1 Å². The molecule has 136 valence electrons. The fraction of sp³-hybridized carbons (Fsp3) is 0.300. The van der Waals surface area contributed by atoms with Crippen molar-refractivity contribution < 1.29 is 9.59 Å². The summed E-state index contributed by atoms with van der Waals surface area (Å²) in [5.74, 6) is 0.0308. The summed E-state index contributed by atoms with van der Waals surface area (Å²) < 4.78 is 1.79. The molecule has 0 N–H and O–H groups in total. The standard InChI is InChI=1S/C20H19N5O2/c1-13-9-17-18(21-7-8-25(17)22-13)23-11-15-16(12-23)20(27)24(19(15)26)10-14-5-3-2-4-6-14/h2-9,15-16H,10-12H2,1H3. The van der Waals surface area contributed by atoms with Crippen molar-refractivity contribution in [3.8, 4) is 0 Å². The quantitative estimate of drug-likeness (QED) is 0.664. The molecule has 2 aromatic heterocycles. The molecule has 2 aliphatic rings. The highest BCUT2D eigenvalue weighted by Crippen LogP contribution is 2.37. The molecule has 2 atom stereocenters. The van der Waals surface area contributed by atoms with Crippen molar-refractivity contribution in [1.29, 1.82) is 0 Å². The van der Waals surface area contributed by atoms with Gasteiger partial charge in [0, 0.05) is 25.5 Å². The molecule has 7 nitrogen and oxygen atoms in total. The van der Waals surface area contributed by atoms with Crippen LogP contribution in [-0.4, -0.2) is 44.4 Å². The van der Waals surface area contributed by atoms with Gasteiger partial charge in [-0.3, -0.25) is 14.5 Å². The Morgan fingerprint density at radius 1 is 1.07 bits per heavy atom. The van der Waals surface area contributed by atoms with Crippen molar-refractivity contribution in [2.45, 2.75) is 13.5 Å². The number of aryl methyl sites for hydroxylation is 1. The Morgan fingerprint density at radius 2 is 1.78 bits per heavy atom. The van der Waals surface area contributed by atoms with Crippen LogP contribution in [0.4, 0.5) is 5.82 Å². The molecule has 2 amide bonds. The molecular weight excluding hydrogens is 342 g/mol. The van der Waals surface area contributed by atoms with Gasteiger partial charge in [-0.1, -0.05) is 30.3 Å². The Balaban J connectivity index is 1.40. The Bertz CT molecular complexity index is 1020. The predicted molar refractivity (Wildman–Crippen MR) is 98.9 cm³/mol. The van der Waals surface area contributed by atoms with E-state index in [0.717, 1.165) is 22.6 Å². The van der Waals surface area contributed by atoms with Crippen molar-refractivity contribution in [2.24, 2.45) is 11.8 Å². The van der Waals surface area contributed by atoms with Gasteiger partial charge in [0.2, 0.25) is 11.8 Å². The SMILES string of the molecule is Cc1cc2c(N3CC4C(=O)N(Cc5ccccc5)C(=O)C4C3)nccn2n1. The lowest BCUT2D eigenvalue weighted by Gasteiger charge is -2.22. The van der Waals surface area contributed by atoms with Crippen molar-refractivity contribution in [3.63, 3.8) is 0 Å². The zero-order valence-corrected chi connectivity index (χ0v) is 14.9. The third kappa shape index (κ3) is 2.50. The normalized spacial score (nSPS) is 22.1. The largest absolute Gasteiger partial charge is 0.353 e. The summed E-state index contributed by atoms with van der Waals surface area (Å²) in [6.07, 6.45) is 3.51. The number of rotatable bonds is 3. The summed E-state index contributed by atoms with van der Waals surface area (Å²) in [6, 6.07) is 11.6. The second-order valence-corrected chi connectivity index (χ2v) is 7.23. The van der Waals surface area contributed by atoms with E-state index in [9.17, 15) is 9.59 Å². The molecule has 3 aromatic rings. The van der Waals surface area contributed by atoms with Crippen LogP contribution in [0, 0.1) is 18.8 Å². The van der Waals surface area contributed by atoms with Crippen LogP contribution in [0.3, 0.4) is 0 Å². The number of hydrogen-bond acceptors (Lipinski definition) is 5. The number of carbonyl (C=O) groups excluding carboxylic acids is 2. The molecule has 2 unspecified atom stereocenters. The third-order valence-corrected chi connectivity index (χ3v) is 5.46. The minimum absolute atomic E-state index is 0.0759. The van der Waals surface area contributed by atoms with E-state index < -0.39 is 0 Å². The van der Waals surface area contributed by atoms with Crippen molar-refractivity contribution in [2.75, 3.05) is 18.0 Å². The van der Waals surface area contributed by atoms with Crippen molar-refractivity contribution in [1.82, 2.24) is 19.5 Å². The molecule has 27 heavy (non-hydrogen) atoms. The maximum atomic E-state index is 12.9. The van der Waals surface area contributed by atoms with E-state index in [1.54, 1.807) is 16.9 Å². The van der Waals surface area contributed by atoms with Gasteiger partial charge in [-0.2, -0.15) is 5.10 Å². The van der Waals surface area contributed by atoms with Gasteiger partial charge in [0.25, 0.3) is 0 Å². The first-order chi connectivity index (χ1) is 13.1. The molecule has 4 heterocycles. The first-order valence-corrected chi connectivity index (χ1v) is 9.07. The molecule has 0 aliphatic carbocycles. The van der Waals surface area contributed by atoms with E-state index in [4.69, 9.17) is 0 Å². The molecule has 5 rings (SSSR count). The first kappa shape index (κ1) is 16.0. The van der Waals surface area contributed by atoms with Gasteiger partial charge in [0.15, 0.2) is 5.82 Å². The summed E-state index contributed by atoms with van der Waals surface area (Å²) in [5.41, 5.74) is 2.78. The smallest absolute Gasteiger partial charge is 0.235 e. The predicted octanol–water partition coefficient (Wildman–Crippen LogP) is 1.66. The number of anilines is 1. The minimum Gasteiger partial charge on any atom is -0.353 e. The Labute approximate surface area is 156 Å². The lowest BCUT2D eigenvalue weighted by molar-refractivity contribution is -0.140. The summed E-state index contributed by atoms with van der Waals surface area (Å²) >= 11 is 0. The van der Waals surface area contributed by atoms with Gasteiger partial charge in [-0.25, -0.2) is 9.50 Å². The maximum absolute atomic E-state index is 12.9. The number of imide groups is 1. The van der Waals surface area contributed by atoms with Crippen LogP contribution in [0.5, 0.6) is 0 Å². The Kier molecular flexibility index (Phi) is 3.50. The van der Waals surface area contributed by atoms with Crippen LogP contribution in [0.15, 0.2) is 48.8 Å². The zero-order chi connectivity index (χ0) is 18.5. The number of benzene rings is 1. The van der Waals surface area contributed by atoms with E-state index in [0.29, 0.717) is 19.6 Å². The minimum atomic E-state index is -0.299. The highest BCUT2D eigenvalue weighted by molar-refractivity contribution is 6.06. The Morgan fingerprint density at radius 3 is 2.48 bits per heavy atom. The van der Waals surface area contributed by atoms with Crippen LogP contribution in [0.1, 0.15) is 11.3 Å². The van der Waals surface area contributed by atoms with Gasteiger partial charge < -0.3 is 4.90 Å². The maximum Gasteiger partial charge on any atom is 0.235 e. The number of carbonyl (C=O) groups is 2. The molecule has 0 bridgehead atoms.